The molecule has 0 amide bonds. The molecule has 0 nitrogen and oxygen atoms in total. The average molecular weight is 778 g/mol. The lowest BCUT2D eigenvalue weighted by Gasteiger charge is -2.98. The summed E-state index contributed by atoms with van der Waals surface area (Å²) in [5.74, 6) is 0. The predicted octanol–water partition coefficient (Wildman–Crippen LogP) is 15.0. The molecule has 9 heteroatoms. The van der Waals surface area contributed by atoms with Gasteiger partial charge < -0.3 is 0 Å². The van der Waals surface area contributed by atoms with Crippen molar-refractivity contribution in [3.8, 4) is 0 Å². The first-order chi connectivity index (χ1) is 18.9. The zero-order valence-corrected chi connectivity index (χ0v) is 44.9. The number of hydrogen-bond donors (Lipinski definition) is 0. The van der Waals surface area contributed by atoms with Crippen LogP contribution in [-0.4, -0.2) is 47.3 Å². The predicted molar refractivity (Wildman–Crippen MR) is 237 cm³/mol. The molecule has 0 aromatic carbocycles. The third-order valence-corrected chi connectivity index (χ3v) is 257. The van der Waals surface area contributed by atoms with Gasteiger partial charge in [0.25, 0.3) is 0 Å². The molecule has 3 saturated heterocycles. The molecular weight excluding hydrogens is 693 g/mol. The largest absolute Gasteiger partial charge is 0.196 e. The van der Waals surface area contributed by atoms with Crippen molar-refractivity contribution in [1.82, 2.24) is 0 Å². The summed E-state index contributed by atoms with van der Waals surface area (Å²) >= 11 is 0. The number of rotatable bonds is 4. The van der Waals surface area contributed by atoms with E-state index < -0.39 is 47.3 Å². The summed E-state index contributed by atoms with van der Waals surface area (Å²) in [7, 11) is -1.82. The highest BCUT2D eigenvalue weighted by Crippen LogP contribution is 2.94. The highest BCUT2D eigenvalue weighted by Gasteiger charge is 3.07. The summed E-state index contributed by atoms with van der Waals surface area (Å²) in [5, 5.41) is -0.621. The second-order valence-electron chi connectivity index (χ2n) is 24.7. The molecule has 0 aromatic rings. The minimum Gasteiger partial charge on any atom is -0.196 e. The van der Waals surface area contributed by atoms with Crippen molar-refractivity contribution in [3.63, 3.8) is 0 Å². The summed E-state index contributed by atoms with van der Waals surface area (Å²) in [6, 6.07) is 0. The summed E-state index contributed by atoms with van der Waals surface area (Å²) in [5.41, 5.74) is 0. The van der Waals surface area contributed by atoms with Gasteiger partial charge in [0.05, 0.1) is 36.5 Å². The molecule has 0 unspecified atom stereocenters. The maximum Gasteiger partial charge on any atom is 0.141 e. The molecule has 3 aliphatic rings. The second-order valence-corrected chi connectivity index (χ2v) is 115. The Morgan fingerprint density at radius 3 is 0.511 bits per heavy atom. The number of hydrogen-bond acceptors (Lipinski definition) is 2. The molecule has 3 aliphatic heterocycles. The Labute approximate surface area is 299 Å². The molecule has 45 heavy (non-hydrogen) atoms. The molecule has 0 N–H and O–H groups in total. The van der Waals surface area contributed by atoms with Gasteiger partial charge in [-0.05, 0) is 40.3 Å². The van der Waals surface area contributed by atoms with Crippen LogP contribution in [0.3, 0.4) is 0 Å². The molecule has 268 valence electrons. The van der Waals surface area contributed by atoms with E-state index in [0.29, 0.717) is 40.3 Å². The Morgan fingerprint density at radius 2 is 0.400 bits per heavy atom. The van der Waals surface area contributed by atoms with Crippen molar-refractivity contribution in [1.29, 1.82) is 0 Å². The maximum absolute atomic E-state index is 3.14. The third-order valence-electron chi connectivity index (χ3n) is 16.4. The van der Waals surface area contributed by atoms with E-state index in [1.54, 1.807) is 0 Å². The Hall–Kier alpha value is 2.22. The van der Waals surface area contributed by atoms with Crippen molar-refractivity contribution in [2.45, 2.75) is 233 Å². The highest BCUT2D eigenvalue weighted by atomic mass is 33.0. The molecule has 0 aromatic heterocycles. The summed E-state index contributed by atoms with van der Waals surface area (Å²) in [6.45, 7) is 79.0. The summed E-state index contributed by atoms with van der Waals surface area (Å²) in [6.07, 6.45) is -2.00. The van der Waals surface area contributed by atoms with E-state index in [9.17, 15) is 0 Å². The molecule has 3 fully saturated rings. The van der Waals surface area contributed by atoms with Crippen LogP contribution in [-0.2, 0) is 0 Å². The van der Waals surface area contributed by atoms with Crippen LogP contribution in [0.25, 0.3) is 0 Å². The van der Waals surface area contributed by atoms with Crippen molar-refractivity contribution < 1.29 is 0 Å². The molecular formula is C36H84S2Si7. The van der Waals surface area contributed by atoms with Gasteiger partial charge in [-0.2, -0.15) is 21.3 Å². The van der Waals surface area contributed by atoms with Gasteiger partial charge in [0.2, 0.25) is 0 Å². The molecule has 3 rings (SSSR count). The van der Waals surface area contributed by atoms with Gasteiger partial charge in [-0.15, -0.1) is 0 Å². The molecule has 0 radical (unpaired) electrons. The minimum absolute atomic E-state index is 0.386. The van der Waals surface area contributed by atoms with Gasteiger partial charge >= 0.3 is 0 Å². The van der Waals surface area contributed by atoms with Crippen molar-refractivity contribution >= 4 is 68.6 Å². The highest BCUT2D eigenvalue weighted by molar-refractivity contribution is 9.24. The van der Waals surface area contributed by atoms with E-state index in [-0.39, 0.29) is 0 Å². The Kier molecular flexibility index (Phi) is 10.3. The Morgan fingerprint density at radius 1 is 0.267 bits per heavy atom. The molecule has 2 bridgehead atoms. The fourth-order valence-electron chi connectivity index (χ4n) is 12.5. The van der Waals surface area contributed by atoms with Crippen molar-refractivity contribution in [3.05, 3.63) is 0 Å². The van der Waals surface area contributed by atoms with Gasteiger partial charge in [-0.3, -0.25) is 0 Å². The SMILES string of the molecule is CC(C)(C)[Si](C)(C(C)(C)C)[Si]12S[Si]([Si](C)(C(C)(C)C)C(C)(C)C)(S1)[Si]2([Si](C)(C(C)(C)C)C(C)(C)C)[Si](C)(C(C)(C)C)C(C)(C)C. The van der Waals surface area contributed by atoms with Gasteiger partial charge in [-0.25, -0.2) is 0 Å². The minimum atomic E-state index is -2.02. The van der Waals surface area contributed by atoms with Crippen molar-refractivity contribution in [2.24, 2.45) is 0 Å². The zero-order chi connectivity index (χ0) is 36.9. The van der Waals surface area contributed by atoms with Gasteiger partial charge in [0.15, 0.2) is 0 Å². The fourth-order valence-corrected chi connectivity index (χ4v) is 523. The Bertz CT molecular complexity index is 998. The first-order valence-electron chi connectivity index (χ1n) is 18.3. The van der Waals surface area contributed by atoms with Crippen LogP contribution in [0.5, 0.6) is 0 Å². The first-order valence-corrected chi connectivity index (χ1v) is 44.8. The van der Waals surface area contributed by atoms with Gasteiger partial charge in [-0.1, -0.05) is 192 Å². The third kappa shape index (κ3) is 4.60. The first kappa shape index (κ1) is 43.4. The van der Waals surface area contributed by atoms with Crippen molar-refractivity contribution in [2.75, 3.05) is 0 Å². The van der Waals surface area contributed by atoms with E-state index in [2.05, 4.69) is 214 Å². The molecule has 0 saturated carbocycles. The zero-order valence-electron chi connectivity index (χ0n) is 36.3. The summed E-state index contributed by atoms with van der Waals surface area (Å²) < 4.78 is 0. The lowest BCUT2D eigenvalue weighted by molar-refractivity contribution is 0.622. The molecule has 0 atom stereocenters. The maximum atomic E-state index is 3.14. The Balaban J connectivity index is 3.76. The van der Waals surface area contributed by atoms with Crippen LogP contribution in [0, 0.1) is 0 Å². The van der Waals surface area contributed by atoms with E-state index >= 15 is 0 Å². The standard InChI is InChI=1S/C36H84S2Si7/c1-29(2,3)39(25,30(4,5)6)43-37-44(38-43,40(26,31(7,8)9)32(10,11)12)45(43,41(27,33(13,14)15)34(16,17)18)42(28,35(19,20)21)36(22,23)24/h1-28H3. The van der Waals surface area contributed by atoms with E-state index in [1.165, 1.54) is 0 Å². The summed E-state index contributed by atoms with van der Waals surface area (Å²) in [4.78, 5) is 0. The fraction of sp³-hybridized carbons (Fsp3) is 1.00. The monoisotopic (exact) mass is 776 g/mol. The van der Waals surface area contributed by atoms with E-state index in [4.69, 9.17) is 0 Å². The topological polar surface area (TPSA) is 0 Å². The van der Waals surface area contributed by atoms with Crippen LogP contribution in [0.4, 0.5) is 0 Å². The van der Waals surface area contributed by atoms with Crippen LogP contribution in [0.1, 0.15) is 166 Å². The quantitative estimate of drug-likeness (QED) is 0.261. The van der Waals surface area contributed by atoms with E-state index in [0.717, 1.165) is 0 Å². The molecule has 3 heterocycles. The van der Waals surface area contributed by atoms with Crippen LogP contribution in [0.15, 0.2) is 0 Å². The normalized spacial score (nSPS) is 26.4. The molecule has 0 spiro atoms. The van der Waals surface area contributed by atoms with Gasteiger partial charge in [0.1, 0.15) is 10.8 Å². The lowest BCUT2D eigenvalue weighted by Crippen LogP contribution is -3.20. The van der Waals surface area contributed by atoms with Crippen LogP contribution < -0.4 is 0 Å². The van der Waals surface area contributed by atoms with E-state index in [1.807, 2.05) is 0 Å². The average Bonchev–Trinajstić information content (AvgIpc) is 2.65. The van der Waals surface area contributed by atoms with Crippen LogP contribution >= 0.6 is 21.3 Å². The van der Waals surface area contributed by atoms with Crippen LogP contribution in [0.2, 0.25) is 66.5 Å². The molecule has 0 aliphatic carbocycles. The second kappa shape index (κ2) is 10.6. The smallest absolute Gasteiger partial charge is 0.141 e. The van der Waals surface area contributed by atoms with Gasteiger partial charge in [0, 0.05) is 0 Å². The lowest BCUT2D eigenvalue weighted by atomic mass is 10.2.